The molecule has 0 radical (unpaired) electrons. The third kappa shape index (κ3) is 8.96. The van der Waals surface area contributed by atoms with Gasteiger partial charge in [-0.15, -0.1) is 0 Å². The first-order valence-corrected chi connectivity index (χ1v) is 7.46. The van der Waals surface area contributed by atoms with Crippen LogP contribution in [0.2, 0.25) is 0 Å². The van der Waals surface area contributed by atoms with Crippen LogP contribution in [-0.4, -0.2) is 46.3 Å². The molecule has 0 heterocycles. The Morgan fingerprint density at radius 2 is 1.75 bits per heavy atom. The van der Waals surface area contributed by atoms with Gasteiger partial charge in [0.15, 0.2) is 17.4 Å². The fourth-order valence-corrected chi connectivity index (χ4v) is 0. The van der Waals surface area contributed by atoms with E-state index in [9.17, 15) is 0 Å². The second-order valence-corrected chi connectivity index (χ2v) is 11.2. The molecule has 0 rings (SSSR count). The molecule has 0 N–H and O–H groups in total. The van der Waals surface area contributed by atoms with E-state index in [-0.39, 0.29) is 17.4 Å². The second-order valence-electron chi connectivity index (χ2n) is 0.135. The van der Waals surface area contributed by atoms with Crippen molar-refractivity contribution in [3.8, 4) is 0 Å². The molecule has 0 aliphatic rings. The topological polar surface area (TPSA) is 0 Å². The summed E-state index contributed by atoms with van der Waals surface area (Å²) in [6.07, 6.45) is 0. The molecule has 0 bridgehead atoms. The zero-order valence-corrected chi connectivity index (χ0v) is 7.24. The molecule has 0 amide bonds. The van der Waals surface area contributed by atoms with Crippen molar-refractivity contribution in [2.24, 2.45) is 0 Å². The van der Waals surface area contributed by atoms with Gasteiger partial charge < -0.3 is 0 Å². The maximum atomic E-state index is 2.00. The van der Waals surface area contributed by atoms with E-state index in [1.807, 2.05) is 31.2 Å². The quantitative estimate of drug-likeness (QED) is 0.403. The molecule has 0 spiro atoms. The molecule has 31 valence electrons. The van der Waals surface area contributed by atoms with Crippen LogP contribution in [0.1, 0.15) is 0 Å². The van der Waals surface area contributed by atoms with Gasteiger partial charge in [-0.05, 0) is 0 Å². The average Bonchev–Trinajstić information content (AvgIpc) is 0.918. The minimum atomic E-state index is 0. The van der Waals surface area contributed by atoms with E-state index in [0.717, 1.165) is 0 Å². The molecule has 0 atom stereocenters. The van der Waals surface area contributed by atoms with Crippen LogP contribution in [0.15, 0.2) is 0 Å². The third-order valence-corrected chi connectivity index (χ3v) is 0. The van der Waals surface area contributed by atoms with E-state index in [0.29, 0.717) is 0 Å². The molecule has 0 aliphatic heterocycles. The van der Waals surface area contributed by atoms with Crippen LogP contribution in [0.3, 0.4) is 0 Å². The fraction of sp³-hybridized carbons (Fsp3) is 0. The minimum absolute atomic E-state index is 0. The molecular weight excluding hydrogens is 246 g/mol. The summed E-state index contributed by atoms with van der Waals surface area (Å²) in [5.41, 5.74) is 0. The van der Waals surface area contributed by atoms with Gasteiger partial charge in [0.25, 0.3) is 0 Å². The van der Waals surface area contributed by atoms with Gasteiger partial charge in [-0.2, -0.15) is 0 Å². The molecule has 4 heavy (non-hydrogen) atoms. The van der Waals surface area contributed by atoms with Gasteiger partial charge in [-0.1, -0.05) is 0 Å². The number of hydrogen-bond acceptors (Lipinski definition) is 0. The second kappa shape index (κ2) is 8.91. The third-order valence-electron chi connectivity index (χ3n) is 0. The monoisotopic (exact) mass is 255 g/mol. The van der Waals surface area contributed by atoms with Gasteiger partial charge in [-0.25, -0.2) is 0 Å². The summed E-state index contributed by atoms with van der Waals surface area (Å²) in [7, 11) is 1.30. The van der Waals surface area contributed by atoms with Crippen molar-refractivity contribution in [3.05, 3.63) is 0 Å². The Labute approximate surface area is 56.8 Å². The van der Waals surface area contributed by atoms with E-state index in [4.69, 9.17) is 0 Å². The van der Waals surface area contributed by atoms with E-state index >= 15 is 0 Å². The molecule has 0 aliphatic carbocycles. The van der Waals surface area contributed by atoms with E-state index in [2.05, 4.69) is 0 Å². The van der Waals surface area contributed by atoms with E-state index in [1.54, 1.807) is 0 Å². The van der Waals surface area contributed by atoms with Gasteiger partial charge in [0.2, 0.25) is 0 Å². The van der Waals surface area contributed by atoms with Crippen LogP contribution in [0, 0.1) is 0 Å². The molecule has 0 saturated heterocycles. The predicted octanol–water partition coefficient (Wildman–Crippen LogP) is -3.02. The molecule has 4 heteroatoms. The van der Waals surface area contributed by atoms with Gasteiger partial charge in [0, 0.05) is 0 Å². The first-order valence-electron chi connectivity index (χ1n) is 0.436. The Bertz CT molecular complexity index is 8.00. The van der Waals surface area contributed by atoms with Crippen LogP contribution < -0.4 is 0 Å². The standard InChI is InChI=1S/Al.Cu.H3Si.H2Te.3H/h;;1H3;1H2;;;/q;+1;;;;;/p-1. The van der Waals surface area contributed by atoms with Crippen molar-refractivity contribution in [1.82, 2.24) is 0 Å². The number of rotatable bonds is 0. The normalized spacial score (nSPS) is 6.25. The van der Waals surface area contributed by atoms with Gasteiger partial charge in [0.1, 0.15) is 0 Å². The Hall–Kier alpha value is 2.06. The maximum absolute atomic E-state index is 2.00. The summed E-state index contributed by atoms with van der Waals surface area (Å²) in [4.78, 5) is 0. The Morgan fingerprint density at radius 1 is 1.75 bits per heavy atom. The summed E-state index contributed by atoms with van der Waals surface area (Å²) in [5.74, 6) is 0. The fourth-order valence-electron chi connectivity index (χ4n) is 0. The van der Waals surface area contributed by atoms with Crippen LogP contribution in [0.4, 0.5) is 0 Å². The zero-order chi connectivity index (χ0) is 2.71. The van der Waals surface area contributed by atoms with E-state index < -0.39 is 0 Å². The van der Waals surface area contributed by atoms with Crippen LogP contribution in [-0.2, 0) is 11.1 Å². The molecule has 0 nitrogen and oxygen atoms in total. The van der Waals surface area contributed by atoms with Crippen molar-refractivity contribution < 1.29 is 11.1 Å². The molecular formula is H7AlCuSiTe. The summed E-state index contributed by atoms with van der Waals surface area (Å²) < 4.78 is 0. The van der Waals surface area contributed by atoms with Crippen molar-refractivity contribution in [3.63, 3.8) is 0 Å². The van der Waals surface area contributed by atoms with Crippen molar-refractivity contribution in [1.29, 1.82) is 0 Å². The first-order chi connectivity index (χ1) is 1.41. The summed E-state index contributed by atoms with van der Waals surface area (Å²) in [6, 6.07) is 0. The summed E-state index contributed by atoms with van der Waals surface area (Å²) in [6.45, 7) is 0. The molecule has 0 aromatic heterocycles. The van der Waals surface area contributed by atoms with Crippen LogP contribution >= 0.6 is 0 Å². The van der Waals surface area contributed by atoms with Gasteiger partial charge in [-0.3, -0.25) is 0 Å². The Balaban J connectivity index is 0. The van der Waals surface area contributed by atoms with Gasteiger partial charge >= 0.3 is 40.0 Å². The number of hydrogen-bond donors (Lipinski definition) is 0. The molecule has 0 aromatic carbocycles. The van der Waals surface area contributed by atoms with Crippen molar-refractivity contribution >= 4 is 46.3 Å². The SMILES string of the molecule is [AlH3].[SiH3][Cu][TeH]. The first kappa shape index (κ1) is 9.41. The van der Waals surface area contributed by atoms with Crippen molar-refractivity contribution in [2.75, 3.05) is 0 Å². The average molecular weight is 253 g/mol. The predicted molar refractivity (Wildman–Crippen MR) is 27.0 cm³/mol. The zero-order valence-electron chi connectivity index (χ0n) is 1.75. The van der Waals surface area contributed by atoms with Crippen LogP contribution in [0.5, 0.6) is 0 Å². The Kier molecular flexibility index (Phi) is 21.0. The molecule has 0 unspecified atom stereocenters. The van der Waals surface area contributed by atoms with Crippen molar-refractivity contribution in [2.45, 2.75) is 0 Å². The van der Waals surface area contributed by atoms with Gasteiger partial charge in [0.05, 0.1) is 0 Å². The Morgan fingerprint density at radius 3 is 1.75 bits per heavy atom. The summed E-state index contributed by atoms with van der Waals surface area (Å²) >= 11 is 3.82. The molecule has 0 aromatic rings. The van der Waals surface area contributed by atoms with Crippen LogP contribution in [0.25, 0.3) is 0 Å². The molecule has 0 saturated carbocycles. The summed E-state index contributed by atoms with van der Waals surface area (Å²) in [5, 5.41) is 0. The van der Waals surface area contributed by atoms with E-state index in [1.165, 1.54) is 8.85 Å². The molecule has 0 fully saturated rings.